The summed E-state index contributed by atoms with van der Waals surface area (Å²) < 4.78 is 0. The molecule has 0 aromatic heterocycles. The maximum absolute atomic E-state index is 2.34. The van der Waals surface area contributed by atoms with Gasteiger partial charge in [-0.2, -0.15) is 0 Å². The summed E-state index contributed by atoms with van der Waals surface area (Å²) in [6.45, 7) is 11.6. The molecule has 0 radical (unpaired) electrons. The van der Waals surface area contributed by atoms with E-state index in [9.17, 15) is 0 Å². The summed E-state index contributed by atoms with van der Waals surface area (Å²) in [6.07, 6.45) is 2.11. The minimum absolute atomic E-state index is 0.107. The van der Waals surface area contributed by atoms with Gasteiger partial charge in [-0.1, -0.05) is 101 Å². The molecule has 0 atom stereocenters. The highest BCUT2D eigenvalue weighted by molar-refractivity contribution is 5.87. The van der Waals surface area contributed by atoms with Crippen LogP contribution in [0.15, 0.2) is 66.7 Å². The first-order chi connectivity index (χ1) is 12.5. The van der Waals surface area contributed by atoms with Crippen LogP contribution in [0.4, 0.5) is 0 Å². The van der Waals surface area contributed by atoms with Crippen LogP contribution >= 0.6 is 0 Å². The van der Waals surface area contributed by atoms with E-state index in [1.807, 2.05) is 0 Å². The standard InChI is InChI=1S/C26H30/c1-6-19-17-18-20(7-2)25(26(3,4)5)24(19)23-16-12-11-15-22(23)21-13-9-8-10-14-21/h8-18H,6-7H2,1-5H3. The van der Waals surface area contributed by atoms with E-state index < -0.39 is 0 Å². The van der Waals surface area contributed by atoms with Crippen LogP contribution in [0.3, 0.4) is 0 Å². The van der Waals surface area contributed by atoms with Gasteiger partial charge in [0, 0.05) is 0 Å². The van der Waals surface area contributed by atoms with E-state index >= 15 is 0 Å². The van der Waals surface area contributed by atoms with E-state index in [-0.39, 0.29) is 5.41 Å². The second-order valence-electron chi connectivity index (χ2n) is 8.00. The first-order valence-corrected chi connectivity index (χ1v) is 9.77. The van der Waals surface area contributed by atoms with Crippen LogP contribution < -0.4 is 0 Å². The Bertz CT molecular complexity index is 880. The van der Waals surface area contributed by atoms with E-state index in [1.165, 1.54) is 38.9 Å². The number of hydrogen-bond donors (Lipinski definition) is 0. The highest BCUT2D eigenvalue weighted by atomic mass is 14.3. The third kappa shape index (κ3) is 3.46. The quantitative estimate of drug-likeness (QED) is 0.462. The van der Waals surface area contributed by atoms with Crippen LogP contribution in [0.1, 0.15) is 51.3 Å². The van der Waals surface area contributed by atoms with Gasteiger partial charge in [0.05, 0.1) is 0 Å². The van der Waals surface area contributed by atoms with Crippen LogP contribution in [0.5, 0.6) is 0 Å². The zero-order chi connectivity index (χ0) is 18.7. The molecular weight excluding hydrogens is 312 g/mol. The molecule has 0 heterocycles. The molecule has 3 aromatic carbocycles. The van der Waals surface area contributed by atoms with Gasteiger partial charge in [-0.15, -0.1) is 0 Å². The fraction of sp³-hybridized carbons (Fsp3) is 0.308. The van der Waals surface area contributed by atoms with Crippen molar-refractivity contribution >= 4 is 0 Å². The van der Waals surface area contributed by atoms with Crippen molar-refractivity contribution in [1.82, 2.24) is 0 Å². The van der Waals surface area contributed by atoms with Gasteiger partial charge in [-0.3, -0.25) is 0 Å². The van der Waals surface area contributed by atoms with Crippen LogP contribution in [0, 0.1) is 0 Å². The van der Waals surface area contributed by atoms with Crippen molar-refractivity contribution in [2.75, 3.05) is 0 Å². The molecule has 134 valence electrons. The summed E-state index contributed by atoms with van der Waals surface area (Å²) in [7, 11) is 0. The maximum Gasteiger partial charge on any atom is -0.00996 e. The van der Waals surface area contributed by atoms with Gasteiger partial charge in [0.2, 0.25) is 0 Å². The molecular formula is C26H30. The minimum atomic E-state index is 0.107. The van der Waals surface area contributed by atoms with E-state index in [1.54, 1.807) is 0 Å². The van der Waals surface area contributed by atoms with Gasteiger partial charge < -0.3 is 0 Å². The monoisotopic (exact) mass is 342 g/mol. The summed E-state index contributed by atoms with van der Waals surface area (Å²) in [5, 5.41) is 0. The lowest BCUT2D eigenvalue weighted by atomic mass is 9.75. The molecule has 0 fully saturated rings. The van der Waals surface area contributed by atoms with Crippen molar-refractivity contribution in [3.63, 3.8) is 0 Å². The Morgan fingerprint density at radius 2 is 1.15 bits per heavy atom. The molecule has 0 heteroatoms. The molecule has 0 bridgehead atoms. The fourth-order valence-electron chi connectivity index (χ4n) is 4.01. The highest BCUT2D eigenvalue weighted by Crippen LogP contribution is 2.42. The second kappa shape index (κ2) is 7.50. The lowest BCUT2D eigenvalue weighted by molar-refractivity contribution is 0.584. The Morgan fingerprint density at radius 1 is 0.615 bits per heavy atom. The molecule has 0 saturated carbocycles. The van der Waals surface area contributed by atoms with Crippen molar-refractivity contribution < 1.29 is 0 Å². The first kappa shape index (κ1) is 18.5. The maximum atomic E-state index is 2.34. The summed E-state index contributed by atoms with van der Waals surface area (Å²) in [4.78, 5) is 0. The largest absolute Gasteiger partial charge is 0.0622 e. The Balaban J connectivity index is 2.38. The smallest absolute Gasteiger partial charge is 0.00996 e. The minimum Gasteiger partial charge on any atom is -0.0622 e. The summed E-state index contributed by atoms with van der Waals surface area (Å²) >= 11 is 0. The topological polar surface area (TPSA) is 0 Å². The predicted molar refractivity (Wildman–Crippen MR) is 115 cm³/mol. The fourth-order valence-corrected chi connectivity index (χ4v) is 4.01. The van der Waals surface area contributed by atoms with Gasteiger partial charge >= 0.3 is 0 Å². The van der Waals surface area contributed by atoms with Crippen LogP contribution in [-0.4, -0.2) is 0 Å². The molecule has 0 saturated heterocycles. The zero-order valence-electron chi connectivity index (χ0n) is 16.8. The van der Waals surface area contributed by atoms with E-state index in [0.29, 0.717) is 0 Å². The molecule has 3 rings (SSSR count). The first-order valence-electron chi connectivity index (χ1n) is 9.77. The number of aryl methyl sites for hydroxylation is 2. The van der Waals surface area contributed by atoms with E-state index in [4.69, 9.17) is 0 Å². The van der Waals surface area contributed by atoms with Crippen molar-refractivity contribution in [1.29, 1.82) is 0 Å². The van der Waals surface area contributed by atoms with Crippen molar-refractivity contribution in [2.45, 2.75) is 52.9 Å². The molecule has 26 heavy (non-hydrogen) atoms. The summed E-state index contributed by atoms with van der Waals surface area (Å²) in [5.41, 5.74) is 9.92. The highest BCUT2D eigenvalue weighted by Gasteiger charge is 2.25. The van der Waals surface area contributed by atoms with Gasteiger partial charge in [0.15, 0.2) is 0 Å². The molecule has 3 aromatic rings. The number of benzene rings is 3. The Morgan fingerprint density at radius 3 is 1.73 bits per heavy atom. The van der Waals surface area contributed by atoms with Crippen molar-refractivity contribution in [3.05, 3.63) is 83.4 Å². The second-order valence-corrected chi connectivity index (χ2v) is 8.00. The molecule has 0 aliphatic rings. The average Bonchev–Trinajstić information content (AvgIpc) is 2.66. The number of hydrogen-bond acceptors (Lipinski definition) is 0. The predicted octanol–water partition coefficient (Wildman–Crippen LogP) is 7.44. The van der Waals surface area contributed by atoms with Crippen molar-refractivity contribution in [3.8, 4) is 22.3 Å². The summed E-state index contributed by atoms with van der Waals surface area (Å²) in [6, 6.07) is 24.3. The molecule has 0 aliphatic heterocycles. The lowest BCUT2D eigenvalue weighted by Crippen LogP contribution is -2.17. The van der Waals surface area contributed by atoms with E-state index in [2.05, 4.69) is 101 Å². The zero-order valence-corrected chi connectivity index (χ0v) is 16.8. The third-order valence-electron chi connectivity index (χ3n) is 5.17. The van der Waals surface area contributed by atoms with E-state index in [0.717, 1.165) is 12.8 Å². The average molecular weight is 343 g/mol. The van der Waals surface area contributed by atoms with Gasteiger partial charge in [0.25, 0.3) is 0 Å². The lowest BCUT2D eigenvalue weighted by Gasteiger charge is -2.29. The van der Waals surface area contributed by atoms with Crippen LogP contribution in [-0.2, 0) is 18.3 Å². The molecule has 0 spiro atoms. The third-order valence-corrected chi connectivity index (χ3v) is 5.17. The summed E-state index contributed by atoms with van der Waals surface area (Å²) in [5.74, 6) is 0. The molecule has 0 aliphatic carbocycles. The number of rotatable bonds is 4. The SMILES string of the molecule is CCc1ccc(CC)c(C(C)(C)C)c1-c1ccccc1-c1ccccc1. The van der Waals surface area contributed by atoms with Crippen LogP contribution in [0.25, 0.3) is 22.3 Å². The molecule has 0 amide bonds. The van der Waals surface area contributed by atoms with Crippen LogP contribution in [0.2, 0.25) is 0 Å². The molecule has 0 N–H and O–H groups in total. The normalized spacial score (nSPS) is 11.6. The molecule has 0 unspecified atom stereocenters. The Kier molecular flexibility index (Phi) is 5.32. The van der Waals surface area contributed by atoms with Gasteiger partial charge in [-0.05, 0) is 57.2 Å². The van der Waals surface area contributed by atoms with Gasteiger partial charge in [0.1, 0.15) is 0 Å². The Hall–Kier alpha value is -2.34. The van der Waals surface area contributed by atoms with Gasteiger partial charge in [-0.25, -0.2) is 0 Å². The Labute approximate surface area is 158 Å². The van der Waals surface area contributed by atoms with Crippen molar-refractivity contribution in [2.24, 2.45) is 0 Å². The molecule has 0 nitrogen and oxygen atoms in total.